The van der Waals surface area contributed by atoms with Gasteiger partial charge < -0.3 is 20.4 Å². The van der Waals surface area contributed by atoms with Crippen LogP contribution in [0, 0.1) is 11.8 Å². The Hall–Kier alpha value is -1.17. The van der Waals surface area contributed by atoms with Gasteiger partial charge in [-0.25, -0.2) is 0 Å². The van der Waals surface area contributed by atoms with Gasteiger partial charge in [-0.15, -0.1) is 0 Å². The lowest BCUT2D eigenvalue weighted by atomic mass is 9.89. The van der Waals surface area contributed by atoms with Crippen molar-refractivity contribution in [2.75, 3.05) is 0 Å². The fourth-order valence-corrected chi connectivity index (χ4v) is 3.13. The zero-order chi connectivity index (χ0) is 22.2. The molecule has 0 aromatic carbocycles. The SMILES string of the molecule is [2H]C([2H])(/C=C\C[C@H]1[C@@H](/C=C/[C@@H](O)CCCCC)[C@H](O)C[C@@H]1O)C([2H])([2H])CC(=O)O. The molecule has 0 radical (unpaired) electrons. The Kier molecular flexibility index (Phi) is 7.84. The summed E-state index contributed by atoms with van der Waals surface area (Å²) in [5.41, 5.74) is 0. The van der Waals surface area contributed by atoms with E-state index < -0.39 is 55.3 Å². The Morgan fingerprint density at radius 1 is 1.28 bits per heavy atom. The number of aliphatic hydroxyl groups is 3. The smallest absolute Gasteiger partial charge is 0.303 e. The van der Waals surface area contributed by atoms with Crippen molar-refractivity contribution in [2.24, 2.45) is 11.8 Å². The van der Waals surface area contributed by atoms with Crippen LogP contribution in [0.3, 0.4) is 0 Å². The van der Waals surface area contributed by atoms with Crippen LogP contribution in [0.5, 0.6) is 0 Å². The normalized spacial score (nSPS) is 31.7. The summed E-state index contributed by atoms with van der Waals surface area (Å²) in [6.45, 7) is 2.08. The van der Waals surface area contributed by atoms with Crippen molar-refractivity contribution in [1.29, 1.82) is 0 Å². The summed E-state index contributed by atoms with van der Waals surface area (Å²) in [6.07, 6.45) is 1.45. The van der Waals surface area contributed by atoms with E-state index in [9.17, 15) is 20.1 Å². The van der Waals surface area contributed by atoms with Crippen molar-refractivity contribution >= 4 is 5.97 Å². The molecule has 0 amide bonds. The van der Waals surface area contributed by atoms with Crippen LogP contribution >= 0.6 is 0 Å². The van der Waals surface area contributed by atoms with Crippen LogP contribution in [0.25, 0.3) is 0 Å². The molecule has 5 heteroatoms. The fourth-order valence-electron chi connectivity index (χ4n) is 3.13. The third-order valence-corrected chi connectivity index (χ3v) is 4.53. The van der Waals surface area contributed by atoms with Gasteiger partial charge in [-0.2, -0.15) is 0 Å². The molecular formula is C20H34O5. The molecule has 0 aromatic rings. The molecule has 5 atom stereocenters. The van der Waals surface area contributed by atoms with E-state index in [4.69, 9.17) is 10.6 Å². The van der Waals surface area contributed by atoms with Crippen molar-refractivity contribution < 1.29 is 30.7 Å². The predicted octanol–water partition coefficient (Wildman–Crippen LogP) is 3.04. The minimum absolute atomic E-state index is 0.173. The lowest BCUT2D eigenvalue weighted by Crippen LogP contribution is -2.20. The van der Waals surface area contributed by atoms with Crippen molar-refractivity contribution in [3.63, 3.8) is 0 Å². The molecule has 25 heavy (non-hydrogen) atoms. The standard InChI is InChI=1S/C20H34O5/c1-2-3-6-9-15(21)12-13-17-16(18(22)14-19(17)23)10-7-4-5-8-11-20(24)25/h4,7,12-13,15-19,21-23H,2-3,5-6,8-11,14H2,1H3,(H,24,25)/b7-4-,13-12+/t15-,16-,17+,18-,19+/m0/s1/i5D2,8D2. The Morgan fingerprint density at radius 3 is 2.72 bits per heavy atom. The van der Waals surface area contributed by atoms with Gasteiger partial charge >= 0.3 is 5.97 Å². The molecule has 0 spiro atoms. The average Bonchev–Trinajstić information content (AvgIpc) is 2.85. The highest BCUT2D eigenvalue weighted by Gasteiger charge is 2.39. The maximum absolute atomic E-state index is 10.8. The van der Waals surface area contributed by atoms with Gasteiger partial charge in [-0.3, -0.25) is 4.79 Å². The molecule has 5 nitrogen and oxygen atoms in total. The molecule has 1 fully saturated rings. The number of allylic oxidation sites excluding steroid dienone is 2. The quantitative estimate of drug-likeness (QED) is 0.317. The van der Waals surface area contributed by atoms with Crippen LogP contribution in [0.4, 0.5) is 0 Å². The molecule has 4 N–H and O–H groups in total. The summed E-state index contributed by atoms with van der Waals surface area (Å²) in [5, 5.41) is 39.3. The summed E-state index contributed by atoms with van der Waals surface area (Å²) < 4.78 is 31.0. The van der Waals surface area contributed by atoms with Crippen molar-refractivity contribution in [3.8, 4) is 0 Å². The van der Waals surface area contributed by atoms with E-state index in [0.717, 1.165) is 25.3 Å². The summed E-state index contributed by atoms with van der Waals surface area (Å²) >= 11 is 0. The highest BCUT2D eigenvalue weighted by molar-refractivity contribution is 5.66. The number of hydrogen-bond acceptors (Lipinski definition) is 4. The van der Waals surface area contributed by atoms with Gasteiger partial charge in [0, 0.05) is 24.2 Å². The molecule has 0 heterocycles. The number of carboxylic acid groups (broad SMARTS) is 1. The maximum Gasteiger partial charge on any atom is 0.303 e. The van der Waals surface area contributed by atoms with E-state index in [-0.39, 0.29) is 12.8 Å². The Labute approximate surface area is 156 Å². The lowest BCUT2D eigenvalue weighted by molar-refractivity contribution is -0.137. The molecular weight excluding hydrogens is 320 g/mol. The van der Waals surface area contributed by atoms with E-state index >= 15 is 0 Å². The molecule has 0 saturated heterocycles. The van der Waals surface area contributed by atoms with Gasteiger partial charge in [0.15, 0.2) is 0 Å². The summed E-state index contributed by atoms with van der Waals surface area (Å²) in [6, 6.07) is 0. The topological polar surface area (TPSA) is 98.0 Å². The van der Waals surface area contributed by atoms with Crippen LogP contribution in [0.1, 0.15) is 70.1 Å². The van der Waals surface area contributed by atoms with Crippen LogP contribution in [0.2, 0.25) is 0 Å². The molecule has 144 valence electrons. The first-order valence-electron chi connectivity index (χ1n) is 11.0. The number of carbonyl (C=O) groups is 1. The van der Waals surface area contributed by atoms with Gasteiger partial charge in [-0.05, 0) is 31.5 Å². The van der Waals surface area contributed by atoms with Gasteiger partial charge in [0.2, 0.25) is 0 Å². The number of rotatable bonds is 12. The second kappa shape index (κ2) is 12.2. The Morgan fingerprint density at radius 2 is 2.04 bits per heavy atom. The minimum atomic E-state index is -2.58. The molecule has 1 rings (SSSR count). The molecule has 1 aliphatic carbocycles. The van der Waals surface area contributed by atoms with Crippen molar-refractivity contribution in [2.45, 2.75) is 82.9 Å². The van der Waals surface area contributed by atoms with E-state index in [1.807, 2.05) is 0 Å². The van der Waals surface area contributed by atoms with Gasteiger partial charge in [-0.1, -0.05) is 50.5 Å². The minimum Gasteiger partial charge on any atom is -0.481 e. The molecule has 1 saturated carbocycles. The van der Waals surface area contributed by atoms with Crippen LogP contribution in [-0.2, 0) is 4.79 Å². The second-order valence-corrected chi connectivity index (χ2v) is 6.59. The highest BCUT2D eigenvalue weighted by Crippen LogP contribution is 2.36. The lowest BCUT2D eigenvalue weighted by Gasteiger charge is -2.19. The van der Waals surface area contributed by atoms with Crippen LogP contribution in [-0.4, -0.2) is 44.7 Å². The number of unbranched alkanes of at least 4 members (excludes halogenated alkanes) is 2. The van der Waals surface area contributed by atoms with Gasteiger partial charge in [0.1, 0.15) is 0 Å². The van der Waals surface area contributed by atoms with E-state index in [2.05, 4.69) is 6.92 Å². The molecule has 0 unspecified atom stereocenters. The zero-order valence-electron chi connectivity index (χ0n) is 18.8. The Bertz CT molecular complexity index is 579. The van der Waals surface area contributed by atoms with Gasteiger partial charge in [0.05, 0.1) is 18.3 Å². The second-order valence-electron chi connectivity index (χ2n) is 6.59. The number of hydrogen-bond donors (Lipinski definition) is 4. The van der Waals surface area contributed by atoms with E-state index in [0.29, 0.717) is 6.42 Å². The van der Waals surface area contributed by atoms with E-state index in [1.165, 1.54) is 6.08 Å². The average molecular weight is 359 g/mol. The third kappa shape index (κ3) is 8.66. The largest absolute Gasteiger partial charge is 0.481 e. The number of aliphatic carboxylic acids is 1. The first kappa shape index (κ1) is 16.0. The maximum atomic E-state index is 10.8. The summed E-state index contributed by atoms with van der Waals surface area (Å²) in [7, 11) is 0. The van der Waals surface area contributed by atoms with Gasteiger partial charge in [0.25, 0.3) is 0 Å². The number of aliphatic hydroxyl groups excluding tert-OH is 3. The number of carboxylic acids is 1. The molecule has 0 bridgehead atoms. The van der Waals surface area contributed by atoms with Crippen molar-refractivity contribution in [1.82, 2.24) is 0 Å². The molecule has 0 aromatic heterocycles. The Balaban J connectivity index is 2.76. The van der Waals surface area contributed by atoms with E-state index in [1.54, 1.807) is 12.2 Å². The first-order chi connectivity index (χ1) is 13.4. The van der Waals surface area contributed by atoms with Crippen LogP contribution in [0.15, 0.2) is 24.3 Å². The summed E-state index contributed by atoms with van der Waals surface area (Å²) in [4.78, 5) is 10.8. The zero-order valence-corrected chi connectivity index (χ0v) is 14.8. The summed E-state index contributed by atoms with van der Waals surface area (Å²) in [5.74, 6) is -2.23. The third-order valence-electron chi connectivity index (χ3n) is 4.53. The van der Waals surface area contributed by atoms with Crippen molar-refractivity contribution in [3.05, 3.63) is 24.3 Å². The fraction of sp³-hybridized carbons (Fsp3) is 0.750. The monoisotopic (exact) mass is 358 g/mol. The molecule has 0 aliphatic heterocycles. The highest BCUT2D eigenvalue weighted by atomic mass is 16.4. The van der Waals surface area contributed by atoms with Crippen LogP contribution < -0.4 is 0 Å². The molecule has 1 aliphatic rings. The predicted molar refractivity (Wildman–Crippen MR) is 98.1 cm³/mol. The first-order valence-corrected chi connectivity index (χ1v) is 9.03.